The van der Waals surface area contributed by atoms with Gasteiger partial charge in [0, 0.05) is 0 Å². The summed E-state index contributed by atoms with van der Waals surface area (Å²) in [5.74, 6) is -1.71. The molecule has 0 bridgehead atoms. The number of esters is 1. The molecule has 0 radical (unpaired) electrons. The summed E-state index contributed by atoms with van der Waals surface area (Å²) in [4.78, 5) is 11.7. The fourth-order valence-corrected chi connectivity index (χ4v) is 2.09. The van der Waals surface area contributed by atoms with Gasteiger partial charge in [0.15, 0.2) is 0 Å². The average Bonchev–Trinajstić information content (AvgIpc) is 2.43. The van der Waals surface area contributed by atoms with Crippen molar-refractivity contribution in [2.75, 3.05) is 6.61 Å². The van der Waals surface area contributed by atoms with E-state index in [-0.39, 0.29) is 17.5 Å². The van der Waals surface area contributed by atoms with Gasteiger partial charge in [0.25, 0.3) is 0 Å². The molecule has 0 spiro atoms. The summed E-state index contributed by atoms with van der Waals surface area (Å²) in [6.07, 6.45) is 0.537. The van der Waals surface area contributed by atoms with Crippen LogP contribution in [0.5, 0.6) is 0 Å². The van der Waals surface area contributed by atoms with E-state index in [1.54, 1.807) is 6.92 Å². The predicted octanol–water partition coefficient (Wildman–Crippen LogP) is 4.46. The van der Waals surface area contributed by atoms with E-state index in [1.807, 2.05) is 30.3 Å². The third kappa shape index (κ3) is 5.93. The third-order valence-electron chi connectivity index (χ3n) is 2.81. The van der Waals surface area contributed by atoms with Gasteiger partial charge in [-0.25, -0.2) is 4.39 Å². The summed E-state index contributed by atoms with van der Waals surface area (Å²) < 4.78 is 18.9. The largest absolute Gasteiger partial charge is 0.465 e. The van der Waals surface area contributed by atoms with Crippen molar-refractivity contribution in [3.63, 3.8) is 0 Å². The number of benzene rings is 1. The first-order valence-electron chi connectivity index (χ1n) is 6.42. The Morgan fingerprint density at radius 1 is 1.35 bits per heavy atom. The Labute approximate surface area is 128 Å². The maximum atomic E-state index is 14.2. The highest BCUT2D eigenvalue weighted by Gasteiger charge is 2.27. The zero-order valence-corrected chi connectivity index (χ0v) is 12.7. The van der Waals surface area contributed by atoms with Crippen molar-refractivity contribution in [2.45, 2.75) is 25.9 Å². The monoisotopic (exact) mass is 318 g/mol. The van der Waals surface area contributed by atoms with Gasteiger partial charge in [0.05, 0.1) is 6.61 Å². The minimum absolute atomic E-state index is 0.134. The average molecular weight is 319 g/mol. The number of rotatable bonds is 7. The highest BCUT2D eigenvalue weighted by molar-refractivity contribution is 6.55. The Kier molecular flexibility index (Phi) is 7.63. The molecule has 0 fully saturated rings. The summed E-state index contributed by atoms with van der Waals surface area (Å²) in [6.45, 7) is 1.85. The molecule has 5 heteroatoms. The number of carbonyl (C=O) groups excluding carboxylic acids is 1. The molecule has 20 heavy (non-hydrogen) atoms. The lowest BCUT2D eigenvalue weighted by Crippen LogP contribution is -2.26. The molecule has 0 aromatic heterocycles. The molecule has 1 aromatic carbocycles. The molecule has 0 aliphatic carbocycles. The lowest BCUT2D eigenvalue weighted by Gasteiger charge is -2.16. The molecule has 1 aromatic rings. The highest BCUT2D eigenvalue weighted by Crippen LogP contribution is 2.22. The molecular formula is C15H17Cl2FO2. The normalized spacial score (nSPS) is 13.4. The van der Waals surface area contributed by atoms with Gasteiger partial charge in [-0.3, -0.25) is 4.79 Å². The van der Waals surface area contributed by atoms with Gasteiger partial charge < -0.3 is 4.74 Å². The number of alkyl halides is 1. The van der Waals surface area contributed by atoms with Crippen LogP contribution in [-0.2, 0) is 16.0 Å². The van der Waals surface area contributed by atoms with Crippen molar-refractivity contribution >= 4 is 29.2 Å². The molecule has 0 N–H and O–H groups in total. The van der Waals surface area contributed by atoms with Crippen LogP contribution in [-0.4, -0.2) is 18.7 Å². The second-order valence-electron chi connectivity index (χ2n) is 4.27. The highest BCUT2D eigenvalue weighted by atomic mass is 35.5. The van der Waals surface area contributed by atoms with Crippen LogP contribution >= 0.6 is 23.2 Å². The SMILES string of the molecule is CCOC(=O)[C@@H](C=C(Cl)Cl)[C@H](F)CCc1ccccc1. The molecule has 110 valence electrons. The number of carbonyl (C=O) groups is 1. The molecule has 0 aliphatic heterocycles. The quantitative estimate of drug-likeness (QED) is 0.694. The smallest absolute Gasteiger partial charge is 0.315 e. The Balaban J connectivity index is 2.65. The van der Waals surface area contributed by atoms with Gasteiger partial charge in [-0.1, -0.05) is 53.5 Å². The molecule has 0 aliphatic rings. The van der Waals surface area contributed by atoms with Crippen molar-refractivity contribution in [3.05, 3.63) is 46.5 Å². The number of halogens is 3. The minimum Gasteiger partial charge on any atom is -0.465 e. The molecule has 1 rings (SSSR count). The number of aryl methyl sites for hydroxylation is 1. The van der Waals surface area contributed by atoms with Gasteiger partial charge in [0.1, 0.15) is 16.6 Å². The standard InChI is InChI=1S/C15H17Cl2FO2/c1-2-20-15(19)12(10-14(16)17)13(18)9-8-11-6-4-3-5-7-11/h3-7,10,12-13H,2,8-9H2,1H3/t12-,13+/m0/s1. The molecule has 2 atom stereocenters. The van der Waals surface area contributed by atoms with E-state index >= 15 is 0 Å². The summed E-state index contributed by atoms with van der Waals surface area (Å²) in [5.41, 5.74) is 1.01. The van der Waals surface area contributed by atoms with Crippen molar-refractivity contribution in [1.82, 2.24) is 0 Å². The molecule has 0 unspecified atom stereocenters. The molecule has 2 nitrogen and oxygen atoms in total. The van der Waals surface area contributed by atoms with Crippen molar-refractivity contribution in [1.29, 1.82) is 0 Å². The summed E-state index contributed by atoms with van der Waals surface area (Å²) in [7, 11) is 0. The maximum absolute atomic E-state index is 14.2. The lowest BCUT2D eigenvalue weighted by molar-refractivity contribution is -0.148. The van der Waals surface area contributed by atoms with Gasteiger partial charge in [0.2, 0.25) is 0 Å². The van der Waals surface area contributed by atoms with Crippen LogP contribution in [0.1, 0.15) is 18.9 Å². The van der Waals surface area contributed by atoms with Gasteiger partial charge in [-0.05, 0) is 31.4 Å². The maximum Gasteiger partial charge on any atom is 0.315 e. The first-order chi connectivity index (χ1) is 9.54. The minimum atomic E-state index is -1.39. The zero-order valence-electron chi connectivity index (χ0n) is 11.2. The third-order valence-corrected chi connectivity index (χ3v) is 3.06. The van der Waals surface area contributed by atoms with Crippen molar-refractivity contribution in [3.8, 4) is 0 Å². The Morgan fingerprint density at radius 3 is 2.55 bits per heavy atom. The summed E-state index contributed by atoms with van der Waals surface area (Å²) >= 11 is 11.1. The van der Waals surface area contributed by atoms with Crippen LogP contribution < -0.4 is 0 Å². The number of hydrogen-bond donors (Lipinski definition) is 0. The molecule has 0 heterocycles. The van der Waals surface area contributed by atoms with Crippen molar-refractivity contribution in [2.24, 2.45) is 5.92 Å². The fourth-order valence-electron chi connectivity index (χ4n) is 1.82. The zero-order chi connectivity index (χ0) is 15.0. The second kappa shape index (κ2) is 8.98. The summed E-state index contributed by atoms with van der Waals surface area (Å²) in [5, 5.41) is 0. The van der Waals surface area contributed by atoms with Crippen LogP contribution in [0.3, 0.4) is 0 Å². The van der Waals surface area contributed by atoms with E-state index in [1.165, 1.54) is 6.08 Å². The van der Waals surface area contributed by atoms with Crippen molar-refractivity contribution < 1.29 is 13.9 Å². The molecule has 0 saturated heterocycles. The van der Waals surface area contributed by atoms with Crippen LogP contribution in [0.4, 0.5) is 4.39 Å². The van der Waals surface area contributed by atoms with E-state index in [0.29, 0.717) is 6.42 Å². The molecule has 0 amide bonds. The number of ether oxygens (including phenoxy) is 1. The van der Waals surface area contributed by atoms with E-state index in [0.717, 1.165) is 5.56 Å². The number of hydrogen-bond acceptors (Lipinski definition) is 2. The van der Waals surface area contributed by atoms with E-state index < -0.39 is 18.1 Å². The predicted molar refractivity (Wildman–Crippen MR) is 79.6 cm³/mol. The first kappa shape index (κ1) is 17.0. The van der Waals surface area contributed by atoms with Crippen LogP contribution in [0, 0.1) is 5.92 Å². The Morgan fingerprint density at radius 2 is 2.00 bits per heavy atom. The second-order valence-corrected chi connectivity index (χ2v) is 5.28. The first-order valence-corrected chi connectivity index (χ1v) is 7.17. The van der Waals surface area contributed by atoms with Crippen LogP contribution in [0.2, 0.25) is 0 Å². The fraction of sp³-hybridized carbons (Fsp3) is 0.400. The van der Waals surface area contributed by atoms with Crippen LogP contribution in [0.25, 0.3) is 0 Å². The Bertz CT molecular complexity index is 444. The summed E-state index contributed by atoms with van der Waals surface area (Å²) in [6, 6.07) is 9.50. The van der Waals surface area contributed by atoms with E-state index in [4.69, 9.17) is 27.9 Å². The molecule has 0 saturated carbocycles. The van der Waals surface area contributed by atoms with E-state index in [9.17, 15) is 9.18 Å². The Hall–Kier alpha value is -1.06. The van der Waals surface area contributed by atoms with E-state index in [2.05, 4.69) is 0 Å². The van der Waals surface area contributed by atoms with Gasteiger partial charge in [-0.15, -0.1) is 0 Å². The topological polar surface area (TPSA) is 26.3 Å². The molecular weight excluding hydrogens is 302 g/mol. The van der Waals surface area contributed by atoms with Crippen LogP contribution in [0.15, 0.2) is 40.9 Å². The van der Waals surface area contributed by atoms with Gasteiger partial charge >= 0.3 is 5.97 Å². The lowest BCUT2D eigenvalue weighted by atomic mass is 9.97. The van der Waals surface area contributed by atoms with Gasteiger partial charge in [-0.2, -0.15) is 0 Å².